The van der Waals surface area contributed by atoms with Crippen LogP contribution in [0, 0.1) is 5.92 Å². The van der Waals surface area contributed by atoms with Gasteiger partial charge in [0.25, 0.3) is 6.01 Å². The highest BCUT2D eigenvalue weighted by atomic mass is 16.4. The van der Waals surface area contributed by atoms with Crippen molar-refractivity contribution in [3.05, 3.63) is 24.3 Å². The number of anilines is 1. The number of carbonyl (C=O) groups excluding carboxylic acids is 1. The number of nitrogens with zero attached hydrogens (tertiary/aromatic N) is 3. The Labute approximate surface area is 167 Å². The van der Waals surface area contributed by atoms with Gasteiger partial charge in [-0.25, -0.2) is 0 Å². The van der Waals surface area contributed by atoms with E-state index < -0.39 is 0 Å². The lowest BCUT2D eigenvalue weighted by atomic mass is 9.93. The van der Waals surface area contributed by atoms with E-state index in [2.05, 4.69) is 27.0 Å². The molecule has 2 aliphatic heterocycles. The van der Waals surface area contributed by atoms with Gasteiger partial charge in [0.2, 0.25) is 5.91 Å². The third-order valence-electron chi connectivity index (χ3n) is 6.19. The van der Waals surface area contributed by atoms with Gasteiger partial charge in [-0.2, -0.15) is 4.98 Å². The second-order valence-corrected chi connectivity index (χ2v) is 8.16. The van der Waals surface area contributed by atoms with Crippen LogP contribution in [0.5, 0.6) is 0 Å². The minimum Gasteiger partial charge on any atom is -0.423 e. The fraction of sp³-hybridized carbons (Fsp3) is 0.636. The average molecular weight is 385 g/mol. The normalized spacial score (nSPS) is 21.9. The summed E-state index contributed by atoms with van der Waals surface area (Å²) in [6.45, 7) is 6.91. The Balaban J connectivity index is 1.30. The first kappa shape index (κ1) is 19.2. The first-order valence-electron chi connectivity index (χ1n) is 10.9. The van der Waals surface area contributed by atoms with Gasteiger partial charge in [0, 0.05) is 32.2 Å². The van der Waals surface area contributed by atoms with Crippen molar-refractivity contribution in [3.8, 4) is 0 Å². The lowest BCUT2D eigenvalue weighted by Gasteiger charge is -2.41. The quantitative estimate of drug-likeness (QED) is 0.773. The van der Waals surface area contributed by atoms with Gasteiger partial charge in [0.05, 0.1) is 5.92 Å². The molecule has 6 nitrogen and oxygen atoms in total. The Hall–Kier alpha value is -2.08. The molecule has 2 fully saturated rings. The van der Waals surface area contributed by atoms with Crippen molar-refractivity contribution in [2.75, 3.05) is 37.6 Å². The van der Waals surface area contributed by atoms with E-state index >= 15 is 0 Å². The minimum absolute atomic E-state index is 0.153. The summed E-state index contributed by atoms with van der Waals surface area (Å²) < 4.78 is 5.93. The Morgan fingerprint density at radius 3 is 2.82 bits per heavy atom. The van der Waals surface area contributed by atoms with Crippen LogP contribution in [0.15, 0.2) is 28.7 Å². The van der Waals surface area contributed by atoms with Gasteiger partial charge in [0.1, 0.15) is 5.52 Å². The molecule has 0 spiro atoms. The number of piperidine rings is 2. The highest BCUT2D eigenvalue weighted by Gasteiger charge is 2.32. The Morgan fingerprint density at radius 2 is 2.04 bits per heavy atom. The smallest absolute Gasteiger partial charge is 0.298 e. The molecule has 3 heterocycles. The molecule has 1 amide bonds. The molecule has 1 aromatic heterocycles. The monoisotopic (exact) mass is 384 g/mol. The van der Waals surface area contributed by atoms with E-state index in [1.54, 1.807) is 0 Å². The minimum atomic E-state index is 0.153. The van der Waals surface area contributed by atoms with Crippen LogP contribution >= 0.6 is 0 Å². The van der Waals surface area contributed by atoms with Gasteiger partial charge in [-0.3, -0.25) is 9.69 Å². The van der Waals surface area contributed by atoms with Crippen LogP contribution in [0.1, 0.15) is 45.4 Å². The molecule has 0 bridgehead atoms. The van der Waals surface area contributed by atoms with Gasteiger partial charge in [-0.15, -0.1) is 0 Å². The average Bonchev–Trinajstić information content (AvgIpc) is 3.18. The number of hydrogen-bond acceptors (Lipinski definition) is 5. The summed E-state index contributed by atoms with van der Waals surface area (Å²) in [5.41, 5.74) is 1.78. The third kappa shape index (κ3) is 4.32. The molecule has 0 saturated carbocycles. The molecule has 1 aromatic carbocycles. The highest BCUT2D eigenvalue weighted by molar-refractivity contribution is 5.79. The van der Waals surface area contributed by atoms with E-state index in [4.69, 9.17) is 4.42 Å². The summed E-state index contributed by atoms with van der Waals surface area (Å²) in [5.74, 6) is 0.405. The van der Waals surface area contributed by atoms with E-state index in [0.29, 0.717) is 6.04 Å². The molecule has 0 unspecified atom stereocenters. The lowest BCUT2D eigenvalue weighted by molar-refractivity contribution is -0.127. The predicted octanol–water partition coefficient (Wildman–Crippen LogP) is 3.42. The van der Waals surface area contributed by atoms with Crippen molar-refractivity contribution in [1.29, 1.82) is 0 Å². The number of fused-ring (bicyclic) bond motifs is 1. The van der Waals surface area contributed by atoms with Gasteiger partial charge >= 0.3 is 0 Å². The molecule has 2 saturated heterocycles. The van der Waals surface area contributed by atoms with Gasteiger partial charge in [-0.1, -0.05) is 25.5 Å². The van der Waals surface area contributed by atoms with Crippen LogP contribution < -0.4 is 10.2 Å². The molecule has 4 rings (SSSR count). The highest BCUT2D eigenvalue weighted by Crippen LogP contribution is 2.28. The molecule has 152 valence electrons. The van der Waals surface area contributed by atoms with E-state index in [0.717, 1.165) is 88.4 Å². The maximum Gasteiger partial charge on any atom is 0.298 e. The second kappa shape index (κ2) is 8.95. The third-order valence-corrected chi connectivity index (χ3v) is 6.19. The summed E-state index contributed by atoms with van der Waals surface area (Å²) in [4.78, 5) is 21.9. The van der Waals surface area contributed by atoms with E-state index in [-0.39, 0.29) is 11.8 Å². The topological polar surface area (TPSA) is 61.6 Å². The zero-order valence-corrected chi connectivity index (χ0v) is 16.9. The lowest BCUT2D eigenvalue weighted by Crippen LogP contribution is -2.51. The summed E-state index contributed by atoms with van der Waals surface area (Å²) >= 11 is 0. The zero-order valence-electron chi connectivity index (χ0n) is 16.9. The van der Waals surface area contributed by atoms with E-state index in [9.17, 15) is 4.79 Å². The standard InChI is InChI=1S/C22H32N4O2/c1-2-3-12-23-21(27)17-7-6-13-26(16-17)18-10-14-25(15-11-18)22-24-19-8-4-5-9-20(19)28-22/h4-5,8-9,17-18H,2-3,6-7,10-16H2,1H3,(H,23,27)/t17-/m0/s1. The van der Waals surface area contributed by atoms with Crippen molar-refractivity contribution < 1.29 is 9.21 Å². The second-order valence-electron chi connectivity index (χ2n) is 8.16. The first-order valence-corrected chi connectivity index (χ1v) is 10.9. The van der Waals surface area contributed by atoms with E-state index in [1.807, 2.05) is 24.3 Å². The van der Waals surface area contributed by atoms with Crippen LogP contribution in [-0.4, -0.2) is 54.6 Å². The molecule has 0 aliphatic carbocycles. The fourth-order valence-electron chi connectivity index (χ4n) is 4.50. The molecule has 28 heavy (non-hydrogen) atoms. The van der Waals surface area contributed by atoms with Crippen LogP contribution in [-0.2, 0) is 4.79 Å². The van der Waals surface area contributed by atoms with Crippen LogP contribution in [0.2, 0.25) is 0 Å². The zero-order chi connectivity index (χ0) is 19.3. The number of amides is 1. The summed E-state index contributed by atoms with van der Waals surface area (Å²) in [5, 5.41) is 3.12. The number of para-hydroxylation sites is 2. The van der Waals surface area contributed by atoms with Gasteiger partial charge < -0.3 is 14.6 Å². The van der Waals surface area contributed by atoms with Crippen LogP contribution in [0.4, 0.5) is 6.01 Å². The number of aromatic nitrogens is 1. The fourth-order valence-corrected chi connectivity index (χ4v) is 4.50. The van der Waals surface area contributed by atoms with Crippen molar-refractivity contribution in [2.24, 2.45) is 5.92 Å². The molecule has 6 heteroatoms. The number of likely N-dealkylation sites (tertiary alicyclic amines) is 1. The molecular formula is C22H32N4O2. The molecule has 1 N–H and O–H groups in total. The Bertz CT molecular complexity index is 749. The Morgan fingerprint density at radius 1 is 1.21 bits per heavy atom. The van der Waals surface area contributed by atoms with Gasteiger partial charge in [0.15, 0.2) is 5.58 Å². The first-order chi connectivity index (χ1) is 13.7. The molecule has 0 radical (unpaired) electrons. The van der Waals surface area contributed by atoms with Crippen LogP contribution in [0.25, 0.3) is 11.1 Å². The van der Waals surface area contributed by atoms with Gasteiger partial charge in [-0.05, 0) is 50.8 Å². The SMILES string of the molecule is CCCCNC(=O)[C@H]1CCCN(C2CCN(c3nc4ccccc4o3)CC2)C1. The number of nitrogens with one attached hydrogen (secondary N) is 1. The molecule has 1 atom stereocenters. The summed E-state index contributed by atoms with van der Waals surface area (Å²) in [6, 6.07) is 9.24. The number of hydrogen-bond donors (Lipinski definition) is 1. The van der Waals surface area contributed by atoms with Crippen molar-refractivity contribution in [1.82, 2.24) is 15.2 Å². The maximum absolute atomic E-state index is 12.5. The number of rotatable bonds is 6. The molecular weight excluding hydrogens is 352 g/mol. The predicted molar refractivity (Wildman–Crippen MR) is 111 cm³/mol. The number of unbranched alkanes of at least 4 members (excludes halogenated alkanes) is 1. The number of benzene rings is 1. The maximum atomic E-state index is 12.5. The van der Waals surface area contributed by atoms with Crippen molar-refractivity contribution in [3.63, 3.8) is 0 Å². The number of carbonyl (C=O) groups is 1. The van der Waals surface area contributed by atoms with Crippen molar-refractivity contribution in [2.45, 2.75) is 51.5 Å². The molecule has 2 aromatic rings. The Kier molecular flexibility index (Phi) is 6.15. The largest absolute Gasteiger partial charge is 0.423 e. The van der Waals surface area contributed by atoms with Crippen molar-refractivity contribution >= 4 is 23.0 Å². The summed E-state index contributed by atoms with van der Waals surface area (Å²) in [7, 11) is 0. The molecule has 2 aliphatic rings. The van der Waals surface area contributed by atoms with E-state index in [1.165, 1.54) is 0 Å². The number of oxazole rings is 1. The van der Waals surface area contributed by atoms with Crippen LogP contribution in [0.3, 0.4) is 0 Å². The summed E-state index contributed by atoms with van der Waals surface area (Å²) in [6.07, 6.45) is 6.53.